The summed E-state index contributed by atoms with van der Waals surface area (Å²) in [6.07, 6.45) is -4.66. The molecule has 1 amide bonds. The topological polar surface area (TPSA) is 71.9 Å². The first kappa shape index (κ1) is 20.6. The maximum atomic E-state index is 12.2. The molecular weight excluding hydrogens is 405 g/mol. The van der Waals surface area contributed by atoms with Crippen LogP contribution in [0.3, 0.4) is 0 Å². The van der Waals surface area contributed by atoms with Crippen LogP contribution >= 0.6 is 12.2 Å². The van der Waals surface area contributed by atoms with Crippen molar-refractivity contribution in [2.45, 2.75) is 26.3 Å². The second-order valence-electron chi connectivity index (χ2n) is 6.24. The number of aryl methyl sites for hydroxylation is 1. The Hall–Kier alpha value is -3.14. The van der Waals surface area contributed by atoms with E-state index in [2.05, 4.69) is 20.3 Å². The fraction of sp³-hybridized carbons (Fsp3) is 0.211. The molecule has 0 aliphatic heterocycles. The SMILES string of the molecule is Cc1ccc(-c2n[nH]c(=S)n2CCC(=O)Nc2ccc(OC(F)(F)F)cc2)cc1. The molecule has 0 aliphatic rings. The molecule has 0 saturated heterocycles. The van der Waals surface area contributed by atoms with E-state index in [0.717, 1.165) is 23.3 Å². The zero-order valence-electron chi connectivity index (χ0n) is 15.3. The predicted octanol–water partition coefficient (Wildman–Crippen LogP) is 4.84. The average Bonchev–Trinajstić information content (AvgIpc) is 3.02. The molecule has 1 heterocycles. The highest BCUT2D eigenvalue weighted by Crippen LogP contribution is 2.24. The van der Waals surface area contributed by atoms with Crippen LogP contribution in [0.1, 0.15) is 12.0 Å². The van der Waals surface area contributed by atoms with Crippen LogP contribution in [0.25, 0.3) is 11.4 Å². The molecule has 0 bridgehead atoms. The minimum Gasteiger partial charge on any atom is -0.406 e. The van der Waals surface area contributed by atoms with Crippen LogP contribution in [-0.2, 0) is 11.3 Å². The standard InChI is InChI=1S/C19H17F3N4O2S/c1-12-2-4-13(5-3-12)17-24-25-18(29)26(17)11-10-16(27)23-14-6-8-15(9-7-14)28-19(20,21)22/h2-9H,10-11H2,1H3,(H,23,27)(H,25,29). The summed E-state index contributed by atoms with van der Waals surface area (Å²) < 4.78 is 42.5. The smallest absolute Gasteiger partial charge is 0.406 e. The van der Waals surface area contributed by atoms with Crippen LogP contribution in [0.5, 0.6) is 5.75 Å². The molecule has 3 aromatic rings. The van der Waals surface area contributed by atoms with E-state index in [0.29, 0.717) is 22.8 Å². The Morgan fingerprint density at radius 1 is 1.17 bits per heavy atom. The number of halogens is 3. The van der Waals surface area contributed by atoms with E-state index >= 15 is 0 Å². The number of hydrogen-bond acceptors (Lipinski definition) is 4. The highest BCUT2D eigenvalue weighted by atomic mass is 32.1. The Bertz CT molecular complexity index is 1040. The Kier molecular flexibility index (Phi) is 6.02. The number of nitrogens with one attached hydrogen (secondary N) is 2. The molecule has 0 fully saturated rings. The van der Waals surface area contributed by atoms with Crippen molar-refractivity contribution < 1.29 is 22.7 Å². The third-order valence-electron chi connectivity index (χ3n) is 4.00. The number of amides is 1. The van der Waals surface area contributed by atoms with E-state index in [1.165, 1.54) is 12.1 Å². The van der Waals surface area contributed by atoms with E-state index in [4.69, 9.17) is 12.2 Å². The lowest BCUT2D eigenvalue weighted by atomic mass is 10.1. The Labute approximate surface area is 169 Å². The van der Waals surface area contributed by atoms with Gasteiger partial charge >= 0.3 is 6.36 Å². The van der Waals surface area contributed by atoms with Crippen LogP contribution in [0, 0.1) is 11.7 Å². The summed E-state index contributed by atoms with van der Waals surface area (Å²) in [5.74, 6) is -0.0492. The maximum absolute atomic E-state index is 12.2. The summed E-state index contributed by atoms with van der Waals surface area (Å²) in [5, 5.41) is 9.58. The van der Waals surface area contributed by atoms with E-state index < -0.39 is 6.36 Å². The first-order valence-electron chi connectivity index (χ1n) is 8.59. The molecular formula is C19H17F3N4O2S. The molecule has 6 nitrogen and oxygen atoms in total. The molecule has 2 N–H and O–H groups in total. The summed E-state index contributed by atoms with van der Waals surface area (Å²) in [6.45, 7) is 2.27. The van der Waals surface area contributed by atoms with Gasteiger partial charge in [0.1, 0.15) is 5.75 Å². The molecule has 0 atom stereocenters. The van der Waals surface area contributed by atoms with E-state index in [9.17, 15) is 18.0 Å². The maximum Gasteiger partial charge on any atom is 0.573 e. The van der Waals surface area contributed by atoms with Crippen molar-refractivity contribution in [1.29, 1.82) is 0 Å². The molecule has 152 valence electrons. The quantitative estimate of drug-likeness (QED) is 0.558. The van der Waals surface area contributed by atoms with Crippen LogP contribution in [0.4, 0.5) is 18.9 Å². The number of aromatic amines is 1. The van der Waals surface area contributed by atoms with Crippen molar-refractivity contribution in [3.8, 4) is 17.1 Å². The summed E-state index contributed by atoms with van der Waals surface area (Å²) in [5.41, 5.74) is 2.34. The van der Waals surface area contributed by atoms with Gasteiger partial charge in [-0.25, -0.2) is 0 Å². The van der Waals surface area contributed by atoms with Gasteiger partial charge in [0.25, 0.3) is 0 Å². The molecule has 0 aliphatic carbocycles. The molecule has 0 unspecified atom stereocenters. The fourth-order valence-electron chi connectivity index (χ4n) is 2.62. The lowest BCUT2D eigenvalue weighted by molar-refractivity contribution is -0.274. The fourth-order valence-corrected chi connectivity index (χ4v) is 2.85. The Balaban J connectivity index is 1.62. The molecule has 2 aromatic carbocycles. The summed E-state index contributed by atoms with van der Waals surface area (Å²) in [7, 11) is 0. The summed E-state index contributed by atoms with van der Waals surface area (Å²) in [4.78, 5) is 12.2. The lowest BCUT2D eigenvalue weighted by Crippen LogP contribution is -2.17. The van der Waals surface area contributed by atoms with Gasteiger partial charge in [0.2, 0.25) is 5.91 Å². The Morgan fingerprint density at radius 3 is 2.45 bits per heavy atom. The molecule has 10 heteroatoms. The van der Waals surface area contributed by atoms with Crippen molar-refractivity contribution in [2.24, 2.45) is 0 Å². The summed E-state index contributed by atoms with van der Waals surface area (Å²) in [6, 6.07) is 12.7. The van der Waals surface area contributed by atoms with Crippen LogP contribution in [-0.4, -0.2) is 27.0 Å². The molecule has 29 heavy (non-hydrogen) atoms. The number of carbonyl (C=O) groups is 1. The summed E-state index contributed by atoms with van der Waals surface area (Å²) >= 11 is 5.25. The molecule has 3 rings (SSSR count). The van der Waals surface area contributed by atoms with Crippen LogP contribution in [0.2, 0.25) is 0 Å². The number of alkyl halides is 3. The zero-order valence-corrected chi connectivity index (χ0v) is 16.1. The molecule has 0 spiro atoms. The van der Waals surface area contributed by atoms with Gasteiger partial charge in [-0.1, -0.05) is 29.8 Å². The monoisotopic (exact) mass is 422 g/mol. The minimum absolute atomic E-state index is 0.105. The van der Waals surface area contributed by atoms with Crippen molar-refractivity contribution in [2.75, 3.05) is 5.32 Å². The third kappa shape index (κ3) is 5.67. The number of nitrogens with zero attached hydrogens (tertiary/aromatic N) is 2. The minimum atomic E-state index is -4.76. The molecule has 0 radical (unpaired) electrons. The van der Waals surface area contributed by atoms with Gasteiger partial charge in [-0.15, -0.1) is 13.2 Å². The molecule has 1 aromatic heterocycles. The van der Waals surface area contributed by atoms with Crippen molar-refractivity contribution in [3.05, 3.63) is 58.9 Å². The second-order valence-corrected chi connectivity index (χ2v) is 6.63. The normalized spacial score (nSPS) is 11.3. The second kappa shape index (κ2) is 8.48. The van der Waals surface area contributed by atoms with Gasteiger partial charge in [0.05, 0.1) is 0 Å². The molecule has 0 saturated carbocycles. The number of rotatable bonds is 6. The van der Waals surface area contributed by atoms with Crippen molar-refractivity contribution in [3.63, 3.8) is 0 Å². The number of anilines is 1. The number of ether oxygens (including phenoxy) is 1. The first-order chi connectivity index (χ1) is 13.7. The zero-order chi connectivity index (χ0) is 21.0. The van der Waals surface area contributed by atoms with E-state index in [-0.39, 0.29) is 18.1 Å². The highest BCUT2D eigenvalue weighted by Gasteiger charge is 2.30. The number of benzene rings is 2. The van der Waals surface area contributed by atoms with Gasteiger partial charge in [0, 0.05) is 24.2 Å². The van der Waals surface area contributed by atoms with Gasteiger partial charge < -0.3 is 10.1 Å². The first-order valence-corrected chi connectivity index (χ1v) is 9.00. The highest BCUT2D eigenvalue weighted by molar-refractivity contribution is 7.71. The van der Waals surface area contributed by atoms with E-state index in [1.807, 2.05) is 31.2 Å². The Morgan fingerprint density at radius 2 is 1.83 bits per heavy atom. The lowest BCUT2D eigenvalue weighted by Gasteiger charge is -2.10. The van der Waals surface area contributed by atoms with Gasteiger partial charge in [-0.05, 0) is 43.4 Å². The largest absolute Gasteiger partial charge is 0.573 e. The number of H-pyrrole nitrogens is 1. The number of carbonyl (C=O) groups excluding carboxylic acids is 1. The third-order valence-corrected chi connectivity index (χ3v) is 4.31. The number of hydrogen-bond donors (Lipinski definition) is 2. The van der Waals surface area contributed by atoms with Crippen LogP contribution in [0.15, 0.2) is 48.5 Å². The van der Waals surface area contributed by atoms with Gasteiger partial charge in [-0.2, -0.15) is 5.10 Å². The predicted molar refractivity (Wildman–Crippen MR) is 104 cm³/mol. The van der Waals surface area contributed by atoms with Gasteiger partial charge in [0.15, 0.2) is 10.6 Å². The van der Waals surface area contributed by atoms with Gasteiger partial charge in [-0.3, -0.25) is 14.5 Å². The van der Waals surface area contributed by atoms with Crippen LogP contribution < -0.4 is 10.1 Å². The van der Waals surface area contributed by atoms with E-state index in [1.54, 1.807) is 4.57 Å². The average molecular weight is 422 g/mol. The van der Waals surface area contributed by atoms with Crippen molar-refractivity contribution in [1.82, 2.24) is 14.8 Å². The number of aromatic nitrogens is 3. The van der Waals surface area contributed by atoms with Crippen molar-refractivity contribution >= 4 is 23.8 Å².